The van der Waals surface area contributed by atoms with Gasteiger partial charge in [0.05, 0.1) is 11.7 Å². The lowest BCUT2D eigenvalue weighted by Gasteiger charge is -2.20. The third-order valence-electron chi connectivity index (χ3n) is 3.11. The Morgan fingerprint density at radius 1 is 1.33 bits per heavy atom. The highest BCUT2D eigenvalue weighted by atomic mass is 15.3. The van der Waals surface area contributed by atoms with E-state index < -0.39 is 0 Å². The molecule has 0 aromatic carbocycles. The molecule has 2 heterocycles. The molecule has 2 aromatic rings. The highest BCUT2D eigenvalue weighted by molar-refractivity contribution is 5.30. The maximum Gasteiger partial charge on any atom is 0.0765 e. The summed E-state index contributed by atoms with van der Waals surface area (Å²) >= 11 is 0. The Hall–Kier alpha value is -1.68. The van der Waals surface area contributed by atoms with Crippen molar-refractivity contribution < 1.29 is 0 Å². The average molecular weight is 244 g/mol. The number of nitrogens with zero attached hydrogens (tertiary/aromatic N) is 3. The normalized spacial score (nSPS) is 12.6. The van der Waals surface area contributed by atoms with Crippen LogP contribution in [0.5, 0.6) is 0 Å². The molecule has 0 saturated heterocycles. The van der Waals surface area contributed by atoms with Crippen molar-refractivity contribution in [3.05, 3.63) is 47.5 Å². The van der Waals surface area contributed by atoms with E-state index in [1.165, 1.54) is 11.3 Å². The first-order valence-electron chi connectivity index (χ1n) is 6.36. The van der Waals surface area contributed by atoms with Gasteiger partial charge in [0, 0.05) is 25.1 Å². The van der Waals surface area contributed by atoms with Crippen LogP contribution in [0.1, 0.15) is 36.3 Å². The third kappa shape index (κ3) is 2.59. The quantitative estimate of drug-likeness (QED) is 0.877. The fraction of sp³-hybridized carbons (Fsp3) is 0.429. The van der Waals surface area contributed by atoms with Crippen molar-refractivity contribution in [3.8, 4) is 0 Å². The summed E-state index contributed by atoms with van der Waals surface area (Å²) in [5, 5.41) is 7.83. The molecule has 0 aliphatic rings. The van der Waals surface area contributed by atoms with E-state index in [2.05, 4.69) is 34.5 Å². The van der Waals surface area contributed by atoms with E-state index in [9.17, 15) is 0 Å². The lowest BCUT2D eigenvalue weighted by atomic mass is 10.0. The molecule has 96 valence electrons. The highest BCUT2D eigenvalue weighted by Gasteiger charge is 2.18. The molecular formula is C14H20N4. The maximum atomic E-state index is 4.38. The molecule has 0 aliphatic heterocycles. The summed E-state index contributed by atoms with van der Waals surface area (Å²) in [6.45, 7) is 5.19. The van der Waals surface area contributed by atoms with E-state index in [-0.39, 0.29) is 6.04 Å². The van der Waals surface area contributed by atoms with Crippen molar-refractivity contribution in [2.75, 3.05) is 6.54 Å². The Morgan fingerprint density at radius 3 is 2.78 bits per heavy atom. The second kappa shape index (κ2) is 5.78. The molecule has 4 heteroatoms. The largest absolute Gasteiger partial charge is 0.305 e. The van der Waals surface area contributed by atoms with Gasteiger partial charge < -0.3 is 5.32 Å². The van der Waals surface area contributed by atoms with Crippen molar-refractivity contribution >= 4 is 0 Å². The number of rotatable bonds is 5. The summed E-state index contributed by atoms with van der Waals surface area (Å²) in [5.41, 5.74) is 3.45. The summed E-state index contributed by atoms with van der Waals surface area (Å²) in [4.78, 5) is 4.38. The second-order valence-electron chi connectivity index (χ2n) is 4.44. The summed E-state index contributed by atoms with van der Waals surface area (Å²) in [6, 6.07) is 6.33. The Bertz CT molecular complexity index is 504. The minimum absolute atomic E-state index is 0.158. The summed E-state index contributed by atoms with van der Waals surface area (Å²) < 4.78 is 1.92. The monoisotopic (exact) mass is 244 g/mol. The van der Waals surface area contributed by atoms with Crippen LogP contribution in [0.15, 0.2) is 30.6 Å². The van der Waals surface area contributed by atoms with E-state index in [4.69, 9.17) is 0 Å². The molecule has 0 saturated carbocycles. The van der Waals surface area contributed by atoms with Gasteiger partial charge in [0.15, 0.2) is 0 Å². The van der Waals surface area contributed by atoms with Gasteiger partial charge in [-0.25, -0.2) is 0 Å². The zero-order valence-corrected chi connectivity index (χ0v) is 11.2. The molecule has 1 unspecified atom stereocenters. The standard InChI is InChI=1S/C14H20N4/c1-4-8-16-14(13-7-10-17-18(13)3)12-6-5-9-15-11(12)2/h5-7,9-10,14,16H,4,8H2,1-3H3. The van der Waals surface area contributed by atoms with E-state index in [0.29, 0.717) is 0 Å². The molecule has 1 atom stereocenters. The summed E-state index contributed by atoms with van der Waals surface area (Å²) in [7, 11) is 1.97. The van der Waals surface area contributed by atoms with Gasteiger partial charge in [-0.2, -0.15) is 5.10 Å². The Balaban J connectivity index is 2.37. The number of pyridine rings is 1. The third-order valence-corrected chi connectivity index (χ3v) is 3.11. The first kappa shape index (κ1) is 12.8. The van der Waals surface area contributed by atoms with Gasteiger partial charge in [0.2, 0.25) is 0 Å². The van der Waals surface area contributed by atoms with Gasteiger partial charge in [-0.15, -0.1) is 0 Å². The highest BCUT2D eigenvalue weighted by Crippen LogP contribution is 2.23. The van der Waals surface area contributed by atoms with Gasteiger partial charge in [-0.1, -0.05) is 13.0 Å². The van der Waals surface area contributed by atoms with Gasteiger partial charge in [-0.3, -0.25) is 9.67 Å². The van der Waals surface area contributed by atoms with Crippen LogP contribution >= 0.6 is 0 Å². The fourth-order valence-corrected chi connectivity index (χ4v) is 2.13. The van der Waals surface area contributed by atoms with Crippen molar-refractivity contribution in [2.45, 2.75) is 26.3 Å². The SMILES string of the molecule is CCCNC(c1cccnc1C)c1ccnn1C. The number of hydrogen-bond acceptors (Lipinski definition) is 3. The molecule has 2 aromatic heterocycles. The molecule has 0 fully saturated rings. The molecule has 2 rings (SSSR count). The van der Waals surface area contributed by atoms with Crippen molar-refractivity contribution in [1.82, 2.24) is 20.1 Å². The lowest BCUT2D eigenvalue weighted by Crippen LogP contribution is -2.26. The molecule has 0 spiro atoms. The lowest BCUT2D eigenvalue weighted by molar-refractivity contribution is 0.550. The van der Waals surface area contributed by atoms with Crippen LogP contribution in [0.2, 0.25) is 0 Å². The Labute approximate surface area is 108 Å². The number of hydrogen-bond donors (Lipinski definition) is 1. The van der Waals surface area contributed by atoms with E-state index in [1.807, 2.05) is 37.1 Å². The van der Waals surface area contributed by atoms with Crippen LogP contribution in [0.3, 0.4) is 0 Å². The van der Waals surface area contributed by atoms with E-state index >= 15 is 0 Å². The van der Waals surface area contributed by atoms with Gasteiger partial charge in [0.25, 0.3) is 0 Å². The zero-order chi connectivity index (χ0) is 13.0. The van der Waals surface area contributed by atoms with Crippen LogP contribution in [0, 0.1) is 6.92 Å². The molecule has 0 bridgehead atoms. The minimum Gasteiger partial charge on any atom is -0.305 e. The summed E-state index contributed by atoms with van der Waals surface area (Å²) in [5.74, 6) is 0. The number of aryl methyl sites for hydroxylation is 2. The maximum absolute atomic E-state index is 4.38. The second-order valence-corrected chi connectivity index (χ2v) is 4.44. The van der Waals surface area contributed by atoms with Crippen molar-refractivity contribution in [2.24, 2.45) is 7.05 Å². The topological polar surface area (TPSA) is 42.7 Å². The van der Waals surface area contributed by atoms with E-state index in [0.717, 1.165) is 18.7 Å². The molecule has 0 aliphatic carbocycles. The van der Waals surface area contributed by atoms with Crippen LogP contribution in [0.25, 0.3) is 0 Å². The molecule has 1 N–H and O–H groups in total. The Morgan fingerprint density at radius 2 is 2.17 bits per heavy atom. The molecule has 0 radical (unpaired) electrons. The zero-order valence-electron chi connectivity index (χ0n) is 11.2. The van der Waals surface area contributed by atoms with Crippen LogP contribution in [-0.2, 0) is 7.05 Å². The fourth-order valence-electron chi connectivity index (χ4n) is 2.13. The van der Waals surface area contributed by atoms with Crippen LogP contribution in [-0.4, -0.2) is 21.3 Å². The predicted octanol–water partition coefficient (Wildman–Crippen LogP) is 2.21. The van der Waals surface area contributed by atoms with Gasteiger partial charge in [-0.05, 0) is 37.6 Å². The van der Waals surface area contributed by atoms with E-state index in [1.54, 1.807) is 0 Å². The predicted molar refractivity (Wildman–Crippen MR) is 72.3 cm³/mol. The average Bonchev–Trinajstić information content (AvgIpc) is 2.78. The van der Waals surface area contributed by atoms with Crippen molar-refractivity contribution in [3.63, 3.8) is 0 Å². The first-order chi connectivity index (χ1) is 8.74. The summed E-state index contributed by atoms with van der Waals surface area (Å²) in [6.07, 6.45) is 4.77. The molecular weight excluding hydrogens is 224 g/mol. The van der Waals surface area contributed by atoms with Crippen molar-refractivity contribution in [1.29, 1.82) is 0 Å². The smallest absolute Gasteiger partial charge is 0.0765 e. The molecule has 0 amide bonds. The minimum atomic E-state index is 0.158. The van der Waals surface area contributed by atoms with Crippen LogP contribution < -0.4 is 5.32 Å². The number of aromatic nitrogens is 3. The molecule has 18 heavy (non-hydrogen) atoms. The van der Waals surface area contributed by atoms with Gasteiger partial charge >= 0.3 is 0 Å². The Kier molecular flexibility index (Phi) is 4.10. The van der Waals surface area contributed by atoms with Crippen LogP contribution in [0.4, 0.5) is 0 Å². The number of nitrogens with one attached hydrogen (secondary N) is 1. The van der Waals surface area contributed by atoms with Gasteiger partial charge in [0.1, 0.15) is 0 Å². The molecule has 4 nitrogen and oxygen atoms in total. The first-order valence-corrected chi connectivity index (χ1v) is 6.36.